The van der Waals surface area contributed by atoms with Crippen molar-refractivity contribution in [3.05, 3.63) is 99.6 Å². The number of anilines is 1. The molecule has 3 aliphatic carbocycles. The van der Waals surface area contributed by atoms with Crippen LogP contribution in [-0.4, -0.2) is 22.9 Å². The fraction of sp³-hybridized carbons (Fsp3) is 0.160. The number of nitrogens with zero attached hydrogens (tertiary/aromatic N) is 1. The van der Waals surface area contributed by atoms with Crippen LogP contribution in [0.15, 0.2) is 66.7 Å². The summed E-state index contributed by atoms with van der Waals surface area (Å²) in [7, 11) is 0. The van der Waals surface area contributed by atoms with Gasteiger partial charge in [0, 0.05) is 0 Å². The number of imide groups is 1. The number of alkyl halides is 2. The minimum Gasteiger partial charge on any atom is -0.478 e. The van der Waals surface area contributed by atoms with Crippen LogP contribution in [0.1, 0.15) is 32.6 Å². The lowest BCUT2D eigenvalue weighted by molar-refractivity contribution is -0.122. The first-order valence-corrected chi connectivity index (χ1v) is 11.3. The first-order chi connectivity index (χ1) is 15.7. The molecule has 0 radical (unpaired) electrons. The molecule has 7 rings (SSSR count). The lowest BCUT2D eigenvalue weighted by Gasteiger charge is -2.54. The summed E-state index contributed by atoms with van der Waals surface area (Å²) in [4.78, 5) is 37.7. The number of aromatic carboxylic acids is 1. The van der Waals surface area contributed by atoms with E-state index in [0.29, 0.717) is 22.3 Å². The monoisotopic (exact) mass is 497 g/mol. The van der Waals surface area contributed by atoms with Crippen LogP contribution in [0.3, 0.4) is 0 Å². The SMILES string of the molecule is O=C(O)c1cc(N2C(=O)[C@@H]3[C@@H](C2=O)C2(Cl)c4ccccc4C3(Cl)c3ccccc32)ccc1Cl. The van der Waals surface area contributed by atoms with Gasteiger partial charge in [-0.1, -0.05) is 60.1 Å². The van der Waals surface area contributed by atoms with E-state index in [9.17, 15) is 19.5 Å². The van der Waals surface area contributed by atoms with E-state index in [1.54, 1.807) is 0 Å². The van der Waals surface area contributed by atoms with E-state index in [4.69, 9.17) is 34.8 Å². The molecule has 0 aromatic heterocycles. The molecule has 3 aromatic rings. The molecule has 5 nitrogen and oxygen atoms in total. The Morgan fingerprint density at radius 2 is 1.21 bits per heavy atom. The van der Waals surface area contributed by atoms with Crippen LogP contribution < -0.4 is 4.90 Å². The summed E-state index contributed by atoms with van der Waals surface area (Å²) in [6, 6.07) is 18.7. The maximum atomic E-state index is 13.9. The molecule has 0 unspecified atom stereocenters. The smallest absolute Gasteiger partial charge is 0.337 e. The first-order valence-electron chi connectivity index (χ1n) is 10.2. The number of carbonyl (C=O) groups is 3. The van der Waals surface area contributed by atoms with Crippen LogP contribution in [0.5, 0.6) is 0 Å². The third-order valence-corrected chi connectivity index (χ3v) is 8.64. The van der Waals surface area contributed by atoms with Crippen LogP contribution in [0.2, 0.25) is 5.02 Å². The second-order valence-corrected chi connectivity index (χ2v) is 10.1. The molecule has 1 heterocycles. The molecular formula is C25H14Cl3NO4. The molecule has 3 aromatic carbocycles. The van der Waals surface area contributed by atoms with Gasteiger partial charge in [0.1, 0.15) is 9.75 Å². The summed E-state index contributed by atoms with van der Waals surface area (Å²) in [6.07, 6.45) is 0. The molecule has 1 N–H and O–H groups in total. The summed E-state index contributed by atoms with van der Waals surface area (Å²) in [6.45, 7) is 0. The van der Waals surface area contributed by atoms with E-state index in [1.807, 2.05) is 48.5 Å². The highest BCUT2D eigenvalue weighted by Gasteiger charge is 2.73. The summed E-state index contributed by atoms with van der Waals surface area (Å²) < 4.78 is 0. The number of hydrogen-bond acceptors (Lipinski definition) is 3. The van der Waals surface area contributed by atoms with Crippen molar-refractivity contribution in [2.75, 3.05) is 4.90 Å². The van der Waals surface area contributed by atoms with Crippen molar-refractivity contribution in [1.29, 1.82) is 0 Å². The quantitative estimate of drug-likeness (QED) is 0.392. The maximum Gasteiger partial charge on any atom is 0.337 e. The van der Waals surface area contributed by atoms with Crippen molar-refractivity contribution < 1.29 is 19.5 Å². The Morgan fingerprint density at radius 3 is 1.61 bits per heavy atom. The molecule has 4 aliphatic rings. The van der Waals surface area contributed by atoms with Gasteiger partial charge in [0.05, 0.1) is 28.1 Å². The van der Waals surface area contributed by atoms with E-state index in [-0.39, 0.29) is 16.3 Å². The number of halogens is 3. The van der Waals surface area contributed by atoms with Gasteiger partial charge in [-0.25, -0.2) is 9.69 Å². The van der Waals surface area contributed by atoms with Gasteiger partial charge >= 0.3 is 5.97 Å². The Balaban J connectivity index is 1.62. The van der Waals surface area contributed by atoms with Crippen LogP contribution in [-0.2, 0) is 19.3 Å². The second kappa shape index (κ2) is 6.60. The summed E-state index contributed by atoms with van der Waals surface area (Å²) in [5, 5.41) is 9.47. The molecule has 8 heteroatoms. The molecule has 2 atom stereocenters. The average Bonchev–Trinajstić information content (AvgIpc) is 3.09. The molecule has 164 valence electrons. The van der Waals surface area contributed by atoms with Gasteiger partial charge in [0.2, 0.25) is 11.8 Å². The molecule has 2 amide bonds. The Kier molecular flexibility index (Phi) is 4.14. The van der Waals surface area contributed by atoms with Gasteiger partial charge in [-0.2, -0.15) is 0 Å². The zero-order chi connectivity index (χ0) is 23.3. The highest BCUT2D eigenvalue weighted by Crippen LogP contribution is 2.69. The number of carboxylic acid groups (broad SMARTS) is 1. The highest BCUT2D eigenvalue weighted by atomic mass is 35.5. The Hall–Kier alpha value is -2.86. The predicted octanol–water partition coefficient (Wildman–Crippen LogP) is 5.14. The number of benzene rings is 3. The van der Waals surface area contributed by atoms with Gasteiger partial charge in [0.25, 0.3) is 0 Å². The fourth-order valence-corrected chi connectivity index (χ4v) is 7.03. The van der Waals surface area contributed by atoms with Crippen LogP contribution in [0, 0.1) is 11.8 Å². The largest absolute Gasteiger partial charge is 0.478 e. The minimum atomic E-state index is -1.29. The summed E-state index contributed by atoms with van der Waals surface area (Å²) in [5.41, 5.74) is 2.72. The third-order valence-electron chi connectivity index (χ3n) is 7.02. The van der Waals surface area contributed by atoms with Crippen molar-refractivity contribution >= 4 is 58.3 Å². The highest BCUT2D eigenvalue weighted by molar-refractivity contribution is 6.39. The summed E-state index contributed by atoms with van der Waals surface area (Å²) in [5.74, 6) is -4.22. The zero-order valence-electron chi connectivity index (χ0n) is 16.8. The maximum absolute atomic E-state index is 13.9. The van der Waals surface area contributed by atoms with Gasteiger partial charge in [-0.3, -0.25) is 9.59 Å². The van der Waals surface area contributed by atoms with E-state index in [1.165, 1.54) is 18.2 Å². The van der Waals surface area contributed by atoms with Gasteiger partial charge in [-0.15, -0.1) is 23.2 Å². The average molecular weight is 499 g/mol. The van der Waals surface area contributed by atoms with Crippen molar-refractivity contribution in [1.82, 2.24) is 0 Å². The molecule has 0 saturated carbocycles. The summed E-state index contributed by atoms with van der Waals surface area (Å²) >= 11 is 20.7. The lowest BCUT2D eigenvalue weighted by Crippen LogP contribution is -2.57. The number of amides is 2. The minimum absolute atomic E-state index is 0.00488. The lowest BCUT2D eigenvalue weighted by atomic mass is 9.54. The second-order valence-electron chi connectivity index (χ2n) is 8.45. The number of rotatable bonds is 2. The number of hydrogen-bond donors (Lipinski definition) is 1. The van der Waals surface area contributed by atoms with E-state index in [2.05, 4.69) is 0 Å². The standard InChI is InChI=1S/C25H14Cl3NO4/c26-18-10-9-12(11-13(18)23(32)33)29-21(30)19-20(22(29)31)25(28)15-6-2-1-5-14(15)24(19,27)16-7-3-4-8-17(16)25/h1-11,19-20H,(H,32,33)/t19-,20-,24?,25?/m0/s1. The normalized spacial score (nSPS) is 29.0. The predicted molar refractivity (Wildman–Crippen MR) is 124 cm³/mol. The topological polar surface area (TPSA) is 74.7 Å². The third kappa shape index (κ3) is 2.32. The molecule has 2 bridgehead atoms. The zero-order valence-corrected chi connectivity index (χ0v) is 19.0. The first kappa shape index (κ1) is 20.7. The molecule has 0 spiro atoms. The number of carbonyl (C=O) groups excluding carboxylic acids is 2. The van der Waals surface area contributed by atoms with Crippen LogP contribution in [0.25, 0.3) is 0 Å². The van der Waals surface area contributed by atoms with E-state index in [0.717, 1.165) is 4.90 Å². The Bertz CT molecular complexity index is 1300. The fourth-order valence-electron chi connectivity index (χ4n) is 5.74. The van der Waals surface area contributed by atoms with Gasteiger partial charge in [0.15, 0.2) is 0 Å². The molecule has 1 saturated heterocycles. The van der Waals surface area contributed by atoms with Crippen molar-refractivity contribution in [3.8, 4) is 0 Å². The van der Waals surface area contributed by atoms with Crippen molar-refractivity contribution in [2.24, 2.45) is 11.8 Å². The molecular weight excluding hydrogens is 485 g/mol. The molecule has 1 aliphatic heterocycles. The van der Waals surface area contributed by atoms with E-state index < -0.39 is 39.4 Å². The molecule has 33 heavy (non-hydrogen) atoms. The van der Waals surface area contributed by atoms with Crippen molar-refractivity contribution in [3.63, 3.8) is 0 Å². The van der Waals surface area contributed by atoms with Crippen LogP contribution >= 0.6 is 34.8 Å². The Morgan fingerprint density at radius 1 is 0.788 bits per heavy atom. The molecule has 1 fully saturated rings. The van der Waals surface area contributed by atoms with Gasteiger partial charge < -0.3 is 5.11 Å². The van der Waals surface area contributed by atoms with E-state index >= 15 is 0 Å². The number of carboxylic acids is 1. The van der Waals surface area contributed by atoms with Gasteiger partial charge in [-0.05, 0) is 40.5 Å². The Labute approximate surface area is 203 Å². The van der Waals surface area contributed by atoms with Crippen LogP contribution in [0.4, 0.5) is 5.69 Å². The van der Waals surface area contributed by atoms with Crippen molar-refractivity contribution in [2.45, 2.75) is 9.75 Å².